The number of hydrogen-bond donors (Lipinski definition) is 2. The normalized spacial score (nSPS) is 15.7. The van der Waals surface area contributed by atoms with E-state index in [1.807, 2.05) is 13.0 Å². The number of aryl methyl sites for hydroxylation is 2. The van der Waals surface area contributed by atoms with Gasteiger partial charge in [0.2, 0.25) is 5.91 Å². The highest BCUT2D eigenvalue weighted by Gasteiger charge is 2.29. The van der Waals surface area contributed by atoms with E-state index in [4.69, 9.17) is 0 Å². The van der Waals surface area contributed by atoms with Gasteiger partial charge in [0.15, 0.2) is 0 Å². The molecule has 32 heavy (non-hydrogen) atoms. The number of benzene rings is 2. The first-order valence-electron chi connectivity index (χ1n) is 10.0. The lowest BCUT2D eigenvalue weighted by Gasteiger charge is -2.24. The fourth-order valence-corrected chi connectivity index (χ4v) is 3.70. The van der Waals surface area contributed by atoms with Crippen molar-refractivity contribution in [1.82, 2.24) is 15.1 Å². The van der Waals surface area contributed by atoms with Crippen LogP contribution in [0, 0.1) is 12.7 Å². The van der Waals surface area contributed by atoms with E-state index in [1.165, 1.54) is 29.2 Å². The molecule has 0 bridgehead atoms. The molecule has 0 fully saturated rings. The van der Waals surface area contributed by atoms with Crippen LogP contribution in [0.4, 0.5) is 10.1 Å². The van der Waals surface area contributed by atoms with Gasteiger partial charge in [-0.25, -0.2) is 9.07 Å². The average Bonchev–Trinajstić information content (AvgIpc) is 2.77. The molecular weight excluding hydrogens is 411 g/mol. The van der Waals surface area contributed by atoms with E-state index in [2.05, 4.69) is 15.7 Å². The largest absolute Gasteiger partial charge is 0.332 e. The first-order valence-corrected chi connectivity index (χ1v) is 10.0. The van der Waals surface area contributed by atoms with Crippen LogP contribution in [0.25, 0.3) is 11.1 Å². The van der Waals surface area contributed by atoms with E-state index in [-0.39, 0.29) is 17.9 Å². The fraction of sp³-hybridized carbons (Fsp3) is 0.167. The molecule has 0 unspecified atom stereocenters. The molecule has 162 valence electrons. The predicted octanol–water partition coefficient (Wildman–Crippen LogP) is 3.02. The van der Waals surface area contributed by atoms with Gasteiger partial charge in [0.05, 0.1) is 5.56 Å². The Balaban J connectivity index is 1.66. The smallest absolute Gasteiger partial charge is 0.274 e. The summed E-state index contributed by atoms with van der Waals surface area (Å²) in [5.74, 6) is -1.67. The van der Waals surface area contributed by atoms with Gasteiger partial charge in [-0.05, 0) is 47.9 Å². The molecule has 4 rings (SSSR count). The molecule has 3 aromatic rings. The van der Waals surface area contributed by atoms with E-state index < -0.39 is 17.6 Å². The number of carbonyl (C=O) groups excluding carboxylic acids is 2. The van der Waals surface area contributed by atoms with Crippen molar-refractivity contribution >= 4 is 17.5 Å². The van der Waals surface area contributed by atoms with Crippen molar-refractivity contribution in [3.8, 4) is 11.1 Å². The molecule has 7 nitrogen and oxygen atoms in total. The van der Waals surface area contributed by atoms with E-state index in [0.29, 0.717) is 28.0 Å². The number of nitrogens with one attached hydrogen (secondary N) is 2. The van der Waals surface area contributed by atoms with Crippen LogP contribution in [0.15, 0.2) is 71.3 Å². The molecule has 0 aliphatic carbocycles. The standard InChI is InChI=1S/C24H21FN4O3/c1-14-6-7-16(18-8-9-27-29(2)24(18)32)11-21(14)28-23(31)20-13-26-22(30)12-19(20)15-4-3-5-17(25)10-15/h3-11,13,19H,12H2,1-2H3,(H,26,30)(H,28,31)/t19-/m0/s1. The minimum absolute atomic E-state index is 0.0365. The van der Waals surface area contributed by atoms with Crippen LogP contribution in [0.5, 0.6) is 0 Å². The third-order valence-electron chi connectivity index (χ3n) is 5.47. The number of hydrogen-bond acceptors (Lipinski definition) is 4. The SMILES string of the molecule is Cc1ccc(-c2ccnn(C)c2=O)cc1NC(=O)C1=CNC(=O)C[C@H]1c1cccc(F)c1. The number of halogens is 1. The van der Waals surface area contributed by atoms with Crippen molar-refractivity contribution in [3.63, 3.8) is 0 Å². The zero-order valence-electron chi connectivity index (χ0n) is 17.6. The maximum atomic E-state index is 13.8. The van der Waals surface area contributed by atoms with Crippen LogP contribution in [-0.2, 0) is 16.6 Å². The van der Waals surface area contributed by atoms with Crippen LogP contribution in [0.2, 0.25) is 0 Å². The van der Waals surface area contributed by atoms with Crippen LogP contribution in [0.1, 0.15) is 23.5 Å². The van der Waals surface area contributed by atoms with Crippen LogP contribution >= 0.6 is 0 Å². The number of nitrogens with zero attached hydrogens (tertiary/aromatic N) is 2. The topological polar surface area (TPSA) is 93.1 Å². The highest BCUT2D eigenvalue weighted by Crippen LogP contribution is 2.32. The maximum Gasteiger partial charge on any atom is 0.274 e. The lowest BCUT2D eigenvalue weighted by Crippen LogP contribution is -2.32. The van der Waals surface area contributed by atoms with Crippen molar-refractivity contribution in [2.24, 2.45) is 7.05 Å². The lowest BCUT2D eigenvalue weighted by atomic mass is 9.86. The second-order valence-corrected chi connectivity index (χ2v) is 7.64. The second kappa shape index (κ2) is 8.58. The minimum Gasteiger partial charge on any atom is -0.332 e. The van der Waals surface area contributed by atoms with Gasteiger partial charge < -0.3 is 10.6 Å². The van der Waals surface area contributed by atoms with E-state index in [1.54, 1.807) is 37.4 Å². The predicted molar refractivity (Wildman–Crippen MR) is 118 cm³/mol. The molecule has 2 aromatic carbocycles. The van der Waals surface area contributed by atoms with Gasteiger partial charge in [0.25, 0.3) is 11.5 Å². The van der Waals surface area contributed by atoms with Gasteiger partial charge in [0.1, 0.15) is 5.82 Å². The summed E-state index contributed by atoms with van der Waals surface area (Å²) in [4.78, 5) is 37.5. The van der Waals surface area contributed by atoms with Gasteiger partial charge in [-0.3, -0.25) is 14.4 Å². The highest BCUT2D eigenvalue weighted by molar-refractivity contribution is 6.07. The van der Waals surface area contributed by atoms with Crippen LogP contribution < -0.4 is 16.2 Å². The molecule has 0 radical (unpaired) electrons. The van der Waals surface area contributed by atoms with Crippen molar-refractivity contribution in [1.29, 1.82) is 0 Å². The lowest BCUT2D eigenvalue weighted by molar-refractivity contribution is -0.121. The Kier molecular flexibility index (Phi) is 5.68. The summed E-state index contributed by atoms with van der Waals surface area (Å²) in [6.45, 7) is 1.84. The Bertz CT molecular complexity index is 1310. The van der Waals surface area contributed by atoms with E-state index >= 15 is 0 Å². The summed E-state index contributed by atoms with van der Waals surface area (Å²) in [6.07, 6.45) is 2.94. The summed E-state index contributed by atoms with van der Waals surface area (Å²) >= 11 is 0. The van der Waals surface area contributed by atoms with Gasteiger partial charge in [-0.1, -0.05) is 24.3 Å². The molecule has 1 aromatic heterocycles. The average molecular weight is 432 g/mol. The molecular formula is C24H21FN4O3. The number of carbonyl (C=O) groups is 2. The second-order valence-electron chi connectivity index (χ2n) is 7.64. The Hall–Kier alpha value is -4.07. The summed E-state index contributed by atoms with van der Waals surface area (Å²) in [6, 6.07) is 12.8. The van der Waals surface area contributed by atoms with Gasteiger partial charge in [0, 0.05) is 43.0 Å². The van der Waals surface area contributed by atoms with E-state index in [9.17, 15) is 18.8 Å². The molecule has 2 amide bonds. The molecule has 0 saturated heterocycles. The van der Waals surface area contributed by atoms with Crippen molar-refractivity contribution < 1.29 is 14.0 Å². The summed E-state index contributed by atoms with van der Waals surface area (Å²) in [7, 11) is 1.57. The molecule has 8 heteroatoms. The fourth-order valence-electron chi connectivity index (χ4n) is 3.70. The first-order chi connectivity index (χ1) is 15.3. The molecule has 0 saturated carbocycles. The molecule has 2 N–H and O–H groups in total. The van der Waals surface area contributed by atoms with E-state index in [0.717, 1.165) is 5.56 Å². The van der Waals surface area contributed by atoms with Gasteiger partial charge >= 0.3 is 0 Å². The van der Waals surface area contributed by atoms with Gasteiger partial charge in [-0.2, -0.15) is 5.10 Å². The Labute approximate surface area is 183 Å². The Morgan fingerprint density at radius 3 is 2.78 bits per heavy atom. The first kappa shape index (κ1) is 21.2. The van der Waals surface area contributed by atoms with Crippen LogP contribution in [0.3, 0.4) is 0 Å². The number of rotatable bonds is 4. The number of amides is 2. The third-order valence-corrected chi connectivity index (χ3v) is 5.47. The molecule has 1 atom stereocenters. The summed E-state index contributed by atoms with van der Waals surface area (Å²) < 4.78 is 15.0. The molecule has 1 aliphatic heterocycles. The van der Waals surface area contributed by atoms with Gasteiger partial charge in [-0.15, -0.1) is 0 Å². The Morgan fingerprint density at radius 1 is 1.19 bits per heavy atom. The molecule has 0 spiro atoms. The van der Waals surface area contributed by atoms with Crippen molar-refractivity contribution in [2.75, 3.05) is 5.32 Å². The van der Waals surface area contributed by atoms with Crippen molar-refractivity contribution in [3.05, 3.63) is 93.8 Å². The Morgan fingerprint density at radius 2 is 2.00 bits per heavy atom. The summed E-state index contributed by atoms with van der Waals surface area (Å²) in [5.41, 5.74) is 3.04. The monoisotopic (exact) mass is 432 g/mol. The summed E-state index contributed by atoms with van der Waals surface area (Å²) in [5, 5.41) is 9.38. The third kappa shape index (κ3) is 4.20. The van der Waals surface area contributed by atoms with Crippen LogP contribution in [-0.4, -0.2) is 21.6 Å². The zero-order chi connectivity index (χ0) is 22.8. The highest BCUT2D eigenvalue weighted by atomic mass is 19.1. The zero-order valence-corrected chi connectivity index (χ0v) is 17.6. The minimum atomic E-state index is -0.574. The number of aromatic nitrogens is 2. The molecule has 1 aliphatic rings. The molecule has 2 heterocycles. The number of anilines is 1. The van der Waals surface area contributed by atoms with Crippen molar-refractivity contribution in [2.45, 2.75) is 19.3 Å². The maximum absolute atomic E-state index is 13.8. The quantitative estimate of drug-likeness (QED) is 0.663.